The number of aromatic nitrogens is 2. The molecule has 0 saturated carbocycles. The summed E-state index contributed by atoms with van der Waals surface area (Å²) in [5, 5.41) is 21.8. The summed E-state index contributed by atoms with van der Waals surface area (Å²) >= 11 is 0. The number of ether oxygens (including phenoxy) is 2. The molecule has 1 saturated heterocycles. The van der Waals surface area contributed by atoms with Crippen molar-refractivity contribution in [1.29, 1.82) is 0 Å². The molecule has 48 heavy (non-hydrogen) atoms. The second-order valence-electron chi connectivity index (χ2n) is 12.2. The minimum Gasteiger partial charge on any atom is -0.497 e. The highest BCUT2D eigenvalue weighted by Crippen LogP contribution is 2.25. The maximum absolute atomic E-state index is 13.4. The zero-order valence-electron chi connectivity index (χ0n) is 27.5. The number of amides is 2. The molecule has 252 valence electrons. The van der Waals surface area contributed by atoms with E-state index in [0.717, 1.165) is 41.0 Å². The molecule has 3 aromatic carbocycles. The molecule has 1 aliphatic rings. The molecule has 4 aromatic rings. The highest BCUT2D eigenvalue weighted by Gasteiger charge is 2.38. The van der Waals surface area contributed by atoms with E-state index in [1.807, 2.05) is 48.5 Å². The minimum atomic E-state index is -1.49. The van der Waals surface area contributed by atoms with E-state index in [9.17, 15) is 19.8 Å². The molecule has 10 heteroatoms. The van der Waals surface area contributed by atoms with Crippen LogP contribution in [0.4, 0.5) is 0 Å². The molecule has 3 N–H and O–H groups in total. The van der Waals surface area contributed by atoms with E-state index in [1.165, 1.54) is 30.6 Å². The van der Waals surface area contributed by atoms with Gasteiger partial charge in [-0.1, -0.05) is 69.0 Å². The number of carbonyl (C=O) groups excluding carboxylic acids is 2. The van der Waals surface area contributed by atoms with E-state index >= 15 is 0 Å². The third kappa shape index (κ3) is 9.17. The summed E-state index contributed by atoms with van der Waals surface area (Å²) in [6.07, 6.45) is 8.39. The lowest BCUT2D eigenvalue weighted by molar-refractivity contribution is -0.157. The Labute approximate surface area is 281 Å². The predicted octanol–water partition coefficient (Wildman–Crippen LogP) is 5.28. The lowest BCUT2D eigenvalue weighted by atomic mass is 9.96. The molecule has 2 heterocycles. The molecule has 1 atom stereocenters. The Bertz CT molecular complexity index is 1600. The highest BCUT2D eigenvalue weighted by molar-refractivity contribution is 5.97. The van der Waals surface area contributed by atoms with Crippen molar-refractivity contribution in [2.24, 2.45) is 5.92 Å². The molecule has 2 amide bonds. The SMILES string of the molecule is CCCCCCCOc1ccc(-c2cnc(-c3ccc(C[C@H](NC(=O)c4ccc(OC)cc4)C(=O)N4CC(C(O)O)C4)cc3)nc2)cc1. The van der Waals surface area contributed by atoms with Crippen LogP contribution in [-0.4, -0.2) is 76.0 Å². The number of methoxy groups -OCH3 is 1. The van der Waals surface area contributed by atoms with E-state index in [4.69, 9.17) is 9.47 Å². The van der Waals surface area contributed by atoms with Crippen LogP contribution >= 0.6 is 0 Å². The average Bonchev–Trinajstić information content (AvgIpc) is 3.09. The first-order valence-corrected chi connectivity index (χ1v) is 16.6. The molecule has 1 fully saturated rings. The molecular weight excluding hydrogens is 608 g/mol. The number of likely N-dealkylation sites (tertiary alicyclic amines) is 1. The molecular formula is C38H44N4O6. The first kappa shape index (κ1) is 34.5. The Morgan fingerprint density at radius 3 is 2.08 bits per heavy atom. The molecule has 10 nitrogen and oxygen atoms in total. The van der Waals surface area contributed by atoms with Crippen LogP contribution in [0.3, 0.4) is 0 Å². The third-order valence-corrected chi connectivity index (χ3v) is 8.61. The van der Waals surface area contributed by atoms with Crippen molar-refractivity contribution in [1.82, 2.24) is 20.2 Å². The van der Waals surface area contributed by atoms with Crippen molar-refractivity contribution < 1.29 is 29.3 Å². The Hall–Kier alpha value is -4.80. The molecule has 1 aliphatic heterocycles. The van der Waals surface area contributed by atoms with Gasteiger partial charge in [0.2, 0.25) is 5.91 Å². The lowest BCUT2D eigenvalue weighted by Gasteiger charge is -2.41. The maximum Gasteiger partial charge on any atom is 0.251 e. The fourth-order valence-electron chi connectivity index (χ4n) is 5.58. The van der Waals surface area contributed by atoms with E-state index in [-0.39, 0.29) is 31.3 Å². The summed E-state index contributed by atoms with van der Waals surface area (Å²) < 4.78 is 11.1. The van der Waals surface area contributed by atoms with Gasteiger partial charge in [0, 0.05) is 54.5 Å². The number of rotatable bonds is 16. The van der Waals surface area contributed by atoms with Crippen LogP contribution < -0.4 is 14.8 Å². The number of hydrogen-bond donors (Lipinski definition) is 3. The summed E-state index contributed by atoms with van der Waals surface area (Å²) in [5.41, 5.74) is 3.96. The topological polar surface area (TPSA) is 134 Å². The normalized spacial score (nSPS) is 13.6. The highest BCUT2D eigenvalue weighted by atomic mass is 16.5. The second-order valence-corrected chi connectivity index (χ2v) is 12.2. The van der Waals surface area contributed by atoms with Crippen LogP contribution in [0.15, 0.2) is 85.2 Å². The van der Waals surface area contributed by atoms with Gasteiger partial charge in [-0.2, -0.15) is 0 Å². The number of nitrogens with zero attached hydrogens (tertiary/aromatic N) is 3. The van der Waals surface area contributed by atoms with Crippen molar-refractivity contribution in [2.75, 3.05) is 26.8 Å². The first-order chi connectivity index (χ1) is 23.3. The summed E-state index contributed by atoms with van der Waals surface area (Å²) in [6, 6.07) is 21.3. The van der Waals surface area contributed by atoms with E-state index in [2.05, 4.69) is 22.2 Å². The fourth-order valence-corrected chi connectivity index (χ4v) is 5.58. The van der Waals surface area contributed by atoms with Gasteiger partial charge in [0.15, 0.2) is 12.1 Å². The maximum atomic E-state index is 13.4. The van der Waals surface area contributed by atoms with Crippen LogP contribution in [0.2, 0.25) is 0 Å². The van der Waals surface area contributed by atoms with Crippen molar-refractivity contribution in [3.8, 4) is 34.0 Å². The summed E-state index contributed by atoms with van der Waals surface area (Å²) in [6.45, 7) is 3.37. The summed E-state index contributed by atoms with van der Waals surface area (Å²) in [5.74, 6) is 0.979. The molecule has 0 radical (unpaired) electrons. The number of hydrogen-bond acceptors (Lipinski definition) is 8. The van der Waals surface area contributed by atoms with Crippen LogP contribution in [0, 0.1) is 5.92 Å². The number of carbonyl (C=O) groups is 2. The van der Waals surface area contributed by atoms with Gasteiger partial charge in [0.25, 0.3) is 5.91 Å². The van der Waals surface area contributed by atoms with E-state index < -0.39 is 18.2 Å². The van der Waals surface area contributed by atoms with Gasteiger partial charge in [-0.25, -0.2) is 9.97 Å². The van der Waals surface area contributed by atoms with E-state index in [0.29, 0.717) is 17.1 Å². The number of unbranched alkanes of at least 4 members (excludes halogenated alkanes) is 4. The minimum absolute atomic E-state index is 0.217. The van der Waals surface area contributed by atoms with Gasteiger partial charge >= 0.3 is 0 Å². The number of aliphatic hydroxyl groups excluding tert-OH is 1. The lowest BCUT2D eigenvalue weighted by Crippen LogP contribution is -2.60. The number of aliphatic hydroxyl groups is 2. The van der Waals surface area contributed by atoms with Crippen LogP contribution in [-0.2, 0) is 11.2 Å². The van der Waals surface area contributed by atoms with Gasteiger partial charge in [0.05, 0.1) is 13.7 Å². The van der Waals surface area contributed by atoms with Crippen LogP contribution in [0.1, 0.15) is 54.9 Å². The predicted molar refractivity (Wildman–Crippen MR) is 183 cm³/mol. The Morgan fingerprint density at radius 2 is 1.46 bits per heavy atom. The fraction of sp³-hybridized carbons (Fsp3) is 0.368. The van der Waals surface area contributed by atoms with Crippen molar-refractivity contribution in [3.63, 3.8) is 0 Å². The smallest absolute Gasteiger partial charge is 0.251 e. The Balaban J connectivity index is 1.20. The van der Waals surface area contributed by atoms with Crippen LogP contribution in [0.5, 0.6) is 11.5 Å². The van der Waals surface area contributed by atoms with Gasteiger partial charge in [-0.05, 0) is 53.9 Å². The molecule has 1 aromatic heterocycles. The quantitative estimate of drug-likeness (QED) is 0.110. The molecule has 0 bridgehead atoms. The molecule has 0 spiro atoms. The summed E-state index contributed by atoms with van der Waals surface area (Å²) in [7, 11) is 1.55. The van der Waals surface area contributed by atoms with Gasteiger partial charge in [-0.15, -0.1) is 0 Å². The van der Waals surface area contributed by atoms with Gasteiger partial charge in [-0.3, -0.25) is 9.59 Å². The first-order valence-electron chi connectivity index (χ1n) is 16.6. The number of nitrogens with one attached hydrogen (secondary N) is 1. The molecule has 0 aliphatic carbocycles. The van der Waals surface area contributed by atoms with Gasteiger partial charge in [0.1, 0.15) is 17.5 Å². The van der Waals surface area contributed by atoms with Gasteiger partial charge < -0.3 is 29.9 Å². The average molecular weight is 653 g/mol. The zero-order chi connectivity index (χ0) is 33.9. The zero-order valence-corrected chi connectivity index (χ0v) is 27.5. The third-order valence-electron chi connectivity index (χ3n) is 8.61. The summed E-state index contributed by atoms with van der Waals surface area (Å²) in [4.78, 5) is 37.2. The van der Waals surface area contributed by atoms with Crippen molar-refractivity contribution in [2.45, 2.75) is 57.8 Å². The van der Waals surface area contributed by atoms with E-state index in [1.54, 1.807) is 43.8 Å². The molecule has 5 rings (SSSR count). The number of benzene rings is 3. The standard InChI is InChI=1S/C38H44N4O6/c1-3-4-5-6-7-20-48-33-18-12-27(13-19-33)30-22-39-35(40-23-30)28-10-8-26(9-11-28)21-34(37(44)42-24-31(25-42)38(45)46)41-36(43)29-14-16-32(47-2)17-15-29/h8-19,22-23,31,34,38,45-46H,3-7,20-21,24-25H2,1-2H3,(H,41,43)/t34-/m0/s1. The Kier molecular flexibility index (Phi) is 12.1. The van der Waals surface area contributed by atoms with Crippen molar-refractivity contribution in [3.05, 3.63) is 96.3 Å². The molecule has 0 unspecified atom stereocenters. The Morgan fingerprint density at radius 1 is 0.833 bits per heavy atom. The second kappa shape index (κ2) is 16.9. The van der Waals surface area contributed by atoms with Crippen molar-refractivity contribution >= 4 is 11.8 Å². The van der Waals surface area contributed by atoms with Crippen LogP contribution in [0.25, 0.3) is 22.5 Å². The largest absolute Gasteiger partial charge is 0.497 e. The monoisotopic (exact) mass is 652 g/mol.